The predicted molar refractivity (Wildman–Crippen MR) is 90.7 cm³/mol. The second kappa shape index (κ2) is 7.53. The number of hydrogen-bond acceptors (Lipinski definition) is 2. The molecule has 2 rings (SSSR count). The van der Waals surface area contributed by atoms with Crippen LogP contribution in [0.4, 0.5) is 0 Å². The van der Waals surface area contributed by atoms with Crippen LogP contribution in [0.25, 0.3) is 0 Å². The number of benzene rings is 2. The molecule has 2 nitrogen and oxygen atoms in total. The van der Waals surface area contributed by atoms with E-state index in [1.165, 1.54) is 5.56 Å². The molecule has 0 aliphatic carbocycles. The number of rotatable bonds is 7. The van der Waals surface area contributed by atoms with Crippen molar-refractivity contribution >= 4 is 21.7 Å². The first-order chi connectivity index (χ1) is 10.2. The summed E-state index contributed by atoms with van der Waals surface area (Å²) in [7, 11) is 0. The van der Waals surface area contributed by atoms with Crippen molar-refractivity contribution in [1.82, 2.24) is 5.32 Å². The van der Waals surface area contributed by atoms with Gasteiger partial charge in [-0.25, -0.2) is 0 Å². The Kier molecular flexibility index (Phi) is 5.71. The molecule has 1 N–H and O–H groups in total. The molecule has 1 atom stereocenters. The molecule has 3 heteroatoms. The zero-order valence-corrected chi connectivity index (χ0v) is 13.8. The van der Waals surface area contributed by atoms with Crippen molar-refractivity contribution in [2.45, 2.75) is 18.9 Å². The lowest BCUT2D eigenvalue weighted by molar-refractivity contribution is -0.122. The van der Waals surface area contributed by atoms with Crippen molar-refractivity contribution in [1.29, 1.82) is 0 Å². The molecule has 0 bridgehead atoms. The van der Waals surface area contributed by atoms with Crippen molar-refractivity contribution in [3.05, 3.63) is 71.8 Å². The molecule has 0 aliphatic heterocycles. The summed E-state index contributed by atoms with van der Waals surface area (Å²) >= 11 is 3.30. The number of alkyl halides is 1. The van der Waals surface area contributed by atoms with Crippen LogP contribution < -0.4 is 5.32 Å². The zero-order chi connectivity index (χ0) is 15.1. The summed E-state index contributed by atoms with van der Waals surface area (Å²) in [6.07, 6.45) is 0.902. The van der Waals surface area contributed by atoms with E-state index >= 15 is 0 Å². The normalized spacial score (nSPS) is 13.6. The minimum Gasteiger partial charge on any atom is -0.301 e. The topological polar surface area (TPSA) is 29.1 Å². The van der Waals surface area contributed by atoms with Gasteiger partial charge in [-0.05, 0) is 24.5 Å². The monoisotopic (exact) mass is 345 g/mol. The van der Waals surface area contributed by atoms with Crippen LogP contribution in [0.2, 0.25) is 0 Å². The summed E-state index contributed by atoms with van der Waals surface area (Å²) in [5.41, 5.74) is 1.62. The SMILES string of the molecule is CC(NCCc1ccccc1)(C(=O)CBr)c1ccccc1. The van der Waals surface area contributed by atoms with E-state index in [0.717, 1.165) is 18.5 Å². The van der Waals surface area contributed by atoms with E-state index in [-0.39, 0.29) is 5.78 Å². The molecular weight excluding hydrogens is 326 g/mol. The lowest BCUT2D eigenvalue weighted by Crippen LogP contribution is -2.48. The number of hydrogen-bond donors (Lipinski definition) is 1. The maximum atomic E-state index is 12.4. The molecule has 0 aromatic heterocycles. The summed E-state index contributed by atoms with van der Waals surface area (Å²) in [4.78, 5) is 12.4. The summed E-state index contributed by atoms with van der Waals surface area (Å²) in [6.45, 7) is 2.71. The van der Waals surface area contributed by atoms with Crippen LogP contribution in [0.5, 0.6) is 0 Å². The average molecular weight is 346 g/mol. The summed E-state index contributed by atoms with van der Waals surface area (Å²) in [5, 5.41) is 3.78. The van der Waals surface area contributed by atoms with Gasteiger partial charge in [0.25, 0.3) is 0 Å². The minimum absolute atomic E-state index is 0.141. The third-order valence-corrected chi connectivity index (χ3v) is 4.27. The van der Waals surface area contributed by atoms with Gasteiger partial charge in [-0.3, -0.25) is 4.79 Å². The first-order valence-corrected chi connectivity index (χ1v) is 8.22. The highest BCUT2D eigenvalue weighted by Crippen LogP contribution is 2.22. The highest BCUT2D eigenvalue weighted by atomic mass is 79.9. The molecule has 0 radical (unpaired) electrons. The van der Waals surface area contributed by atoms with Gasteiger partial charge in [-0.2, -0.15) is 0 Å². The Morgan fingerprint density at radius 1 is 1.05 bits per heavy atom. The molecule has 0 amide bonds. The van der Waals surface area contributed by atoms with Gasteiger partial charge in [0.05, 0.1) is 5.33 Å². The van der Waals surface area contributed by atoms with Gasteiger partial charge in [-0.1, -0.05) is 76.6 Å². The molecule has 0 saturated heterocycles. The van der Waals surface area contributed by atoms with Gasteiger partial charge >= 0.3 is 0 Å². The fourth-order valence-corrected chi connectivity index (χ4v) is 2.93. The number of halogens is 1. The molecule has 0 heterocycles. The predicted octanol–water partition coefficient (Wildman–Crippen LogP) is 3.70. The Morgan fingerprint density at radius 2 is 1.62 bits per heavy atom. The fourth-order valence-electron chi connectivity index (χ4n) is 2.37. The average Bonchev–Trinajstić information content (AvgIpc) is 2.55. The quantitative estimate of drug-likeness (QED) is 0.775. The van der Waals surface area contributed by atoms with Crippen LogP contribution in [-0.4, -0.2) is 17.7 Å². The van der Waals surface area contributed by atoms with E-state index in [9.17, 15) is 4.79 Å². The Labute approximate surface area is 134 Å². The van der Waals surface area contributed by atoms with Crippen LogP contribution >= 0.6 is 15.9 Å². The highest BCUT2D eigenvalue weighted by molar-refractivity contribution is 9.09. The van der Waals surface area contributed by atoms with Crippen molar-refractivity contribution in [3.8, 4) is 0 Å². The molecule has 0 aliphatic rings. The second-order valence-corrected chi connectivity index (χ2v) is 5.77. The molecule has 110 valence electrons. The molecule has 2 aromatic rings. The van der Waals surface area contributed by atoms with E-state index in [4.69, 9.17) is 0 Å². The number of nitrogens with one attached hydrogen (secondary N) is 1. The molecule has 1 unspecified atom stereocenters. The van der Waals surface area contributed by atoms with E-state index in [1.54, 1.807) is 0 Å². The minimum atomic E-state index is -0.653. The number of carbonyl (C=O) groups is 1. The Morgan fingerprint density at radius 3 is 2.19 bits per heavy atom. The van der Waals surface area contributed by atoms with Crippen molar-refractivity contribution in [3.63, 3.8) is 0 Å². The van der Waals surface area contributed by atoms with Crippen LogP contribution in [0.1, 0.15) is 18.1 Å². The molecule has 0 saturated carbocycles. The first-order valence-electron chi connectivity index (χ1n) is 7.10. The Hall–Kier alpha value is -1.45. The maximum absolute atomic E-state index is 12.4. The van der Waals surface area contributed by atoms with Crippen LogP contribution in [0, 0.1) is 0 Å². The van der Waals surface area contributed by atoms with Gasteiger partial charge < -0.3 is 5.32 Å². The first kappa shape index (κ1) is 15.9. The molecule has 21 heavy (non-hydrogen) atoms. The van der Waals surface area contributed by atoms with Gasteiger partial charge in [0.1, 0.15) is 5.54 Å². The number of ketones is 1. The standard InChI is InChI=1S/C18H20BrNO/c1-18(17(21)14-19,16-10-6-3-7-11-16)20-13-12-15-8-4-2-5-9-15/h2-11,20H,12-14H2,1H3. The largest absolute Gasteiger partial charge is 0.301 e. The van der Waals surface area contributed by atoms with Crippen molar-refractivity contribution < 1.29 is 4.79 Å². The fraction of sp³-hybridized carbons (Fsp3) is 0.278. The Bertz CT molecular complexity index is 570. The van der Waals surface area contributed by atoms with Crippen molar-refractivity contribution in [2.75, 3.05) is 11.9 Å². The number of carbonyl (C=O) groups excluding carboxylic acids is 1. The van der Waals surface area contributed by atoms with Gasteiger partial charge in [0, 0.05) is 6.54 Å². The zero-order valence-electron chi connectivity index (χ0n) is 12.2. The summed E-state index contributed by atoms with van der Waals surface area (Å²) in [5.74, 6) is 0.141. The maximum Gasteiger partial charge on any atom is 0.167 e. The van der Waals surface area contributed by atoms with E-state index in [1.807, 2.05) is 55.5 Å². The summed E-state index contributed by atoms with van der Waals surface area (Å²) in [6, 6.07) is 20.2. The summed E-state index contributed by atoms with van der Waals surface area (Å²) < 4.78 is 0. The highest BCUT2D eigenvalue weighted by Gasteiger charge is 2.33. The van der Waals surface area contributed by atoms with Crippen LogP contribution in [0.15, 0.2) is 60.7 Å². The van der Waals surface area contributed by atoms with Gasteiger partial charge in [-0.15, -0.1) is 0 Å². The van der Waals surface area contributed by atoms with Crippen molar-refractivity contribution in [2.24, 2.45) is 0 Å². The van der Waals surface area contributed by atoms with Crippen LogP contribution in [0.3, 0.4) is 0 Å². The lowest BCUT2D eigenvalue weighted by atomic mass is 9.88. The third kappa shape index (κ3) is 4.02. The van der Waals surface area contributed by atoms with E-state index < -0.39 is 5.54 Å². The molecular formula is C18H20BrNO. The molecule has 2 aromatic carbocycles. The second-order valence-electron chi connectivity index (χ2n) is 5.21. The third-order valence-electron chi connectivity index (χ3n) is 3.77. The number of Topliss-reactive ketones (excluding diaryl/α,β-unsaturated/α-hetero) is 1. The van der Waals surface area contributed by atoms with Gasteiger partial charge in [0.15, 0.2) is 5.78 Å². The molecule has 0 fully saturated rings. The molecule has 0 spiro atoms. The van der Waals surface area contributed by atoms with E-state index in [2.05, 4.69) is 33.4 Å². The lowest BCUT2D eigenvalue weighted by Gasteiger charge is -2.29. The van der Waals surface area contributed by atoms with E-state index in [0.29, 0.717) is 5.33 Å². The Balaban J connectivity index is 2.09. The van der Waals surface area contributed by atoms with Crippen LogP contribution in [-0.2, 0) is 16.8 Å². The smallest absolute Gasteiger partial charge is 0.167 e. The van der Waals surface area contributed by atoms with Gasteiger partial charge in [0.2, 0.25) is 0 Å².